The zero-order valence-electron chi connectivity index (χ0n) is 12.0. The standard InChI is InChI=1S/C14H19N3O2S/c1-14(2,3)19-13(18)17-6-4-9-10(8-15)12(16)20-11(9)5-7-17/h4-7,16H2,1-3H3. The Morgan fingerprint density at radius 3 is 2.65 bits per heavy atom. The molecule has 108 valence electrons. The minimum Gasteiger partial charge on any atom is -0.444 e. The van der Waals surface area contributed by atoms with Crippen LogP contribution in [0.25, 0.3) is 0 Å². The Kier molecular flexibility index (Phi) is 3.91. The Hall–Kier alpha value is -1.74. The first-order valence-corrected chi connectivity index (χ1v) is 7.41. The second-order valence-corrected chi connectivity index (χ2v) is 6.96. The number of thiophene rings is 1. The van der Waals surface area contributed by atoms with Crippen LogP contribution in [0.3, 0.4) is 0 Å². The molecule has 2 heterocycles. The minimum absolute atomic E-state index is 0.292. The van der Waals surface area contributed by atoms with Gasteiger partial charge < -0.3 is 15.4 Å². The molecule has 20 heavy (non-hydrogen) atoms. The fraction of sp³-hybridized carbons (Fsp3) is 0.571. The molecule has 0 atom stereocenters. The molecule has 0 spiro atoms. The topological polar surface area (TPSA) is 79.3 Å². The summed E-state index contributed by atoms with van der Waals surface area (Å²) in [6.45, 7) is 6.73. The largest absolute Gasteiger partial charge is 0.444 e. The van der Waals surface area contributed by atoms with Gasteiger partial charge in [-0.2, -0.15) is 5.26 Å². The van der Waals surface area contributed by atoms with E-state index in [4.69, 9.17) is 15.7 Å². The van der Waals surface area contributed by atoms with Gasteiger partial charge in [0.15, 0.2) is 0 Å². The highest BCUT2D eigenvalue weighted by molar-refractivity contribution is 7.16. The summed E-state index contributed by atoms with van der Waals surface area (Å²) in [6.07, 6.45) is 1.09. The van der Waals surface area contributed by atoms with Crippen molar-refractivity contribution in [3.8, 4) is 6.07 Å². The molecule has 0 saturated carbocycles. The highest BCUT2D eigenvalue weighted by atomic mass is 32.1. The van der Waals surface area contributed by atoms with E-state index in [0.29, 0.717) is 30.1 Å². The van der Waals surface area contributed by atoms with Gasteiger partial charge in [0.1, 0.15) is 16.7 Å². The summed E-state index contributed by atoms with van der Waals surface area (Å²) in [5.41, 5.74) is 6.94. The number of hydrogen-bond donors (Lipinski definition) is 1. The molecule has 1 aliphatic rings. The summed E-state index contributed by atoms with van der Waals surface area (Å²) >= 11 is 1.46. The van der Waals surface area contributed by atoms with E-state index in [2.05, 4.69) is 6.07 Å². The molecule has 6 heteroatoms. The Morgan fingerprint density at radius 2 is 2.05 bits per heavy atom. The predicted molar refractivity (Wildman–Crippen MR) is 78.7 cm³/mol. The number of nitrogens with zero attached hydrogens (tertiary/aromatic N) is 2. The smallest absolute Gasteiger partial charge is 0.410 e. The second-order valence-electron chi connectivity index (χ2n) is 5.82. The van der Waals surface area contributed by atoms with Crippen molar-refractivity contribution in [2.24, 2.45) is 0 Å². The molecule has 0 unspecified atom stereocenters. The highest BCUT2D eigenvalue weighted by Gasteiger charge is 2.26. The molecule has 1 amide bonds. The zero-order valence-corrected chi connectivity index (χ0v) is 12.8. The van der Waals surface area contributed by atoms with Crippen molar-refractivity contribution < 1.29 is 9.53 Å². The van der Waals surface area contributed by atoms with Gasteiger partial charge in [-0.1, -0.05) is 0 Å². The molecule has 1 aromatic heterocycles. The maximum absolute atomic E-state index is 12.1. The molecule has 0 fully saturated rings. The van der Waals surface area contributed by atoms with Crippen LogP contribution in [0.15, 0.2) is 0 Å². The van der Waals surface area contributed by atoms with Crippen LogP contribution in [0.5, 0.6) is 0 Å². The molecule has 5 nitrogen and oxygen atoms in total. The van der Waals surface area contributed by atoms with Crippen molar-refractivity contribution in [2.45, 2.75) is 39.2 Å². The van der Waals surface area contributed by atoms with Gasteiger partial charge in [-0.15, -0.1) is 11.3 Å². The Bertz CT molecular complexity index is 566. The highest BCUT2D eigenvalue weighted by Crippen LogP contribution is 2.33. The summed E-state index contributed by atoms with van der Waals surface area (Å²) in [5.74, 6) is 0. The molecule has 0 radical (unpaired) electrons. The normalized spacial score (nSPS) is 15.2. The van der Waals surface area contributed by atoms with Crippen molar-refractivity contribution in [1.29, 1.82) is 5.26 Å². The van der Waals surface area contributed by atoms with Crippen LogP contribution in [-0.2, 0) is 17.6 Å². The lowest BCUT2D eigenvalue weighted by atomic mass is 10.1. The average Bonchev–Trinajstić information content (AvgIpc) is 2.50. The maximum atomic E-state index is 12.1. The van der Waals surface area contributed by atoms with Crippen LogP contribution in [0.2, 0.25) is 0 Å². The van der Waals surface area contributed by atoms with E-state index in [1.165, 1.54) is 11.3 Å². The van der Waals surface area contributed by atoms with Crippen molar-refractivity contribution in [1.82, 2.24) is 4.90 Å². The van der Waals surface area contributed by atoms with Gasteiger partial charge in [-0.05, 0) is 39.2 Å². The number of nitrogens with two attached hydrogens (primary N) is 1. The first-order chi connectivity index (χ1) is 9.31. The molecule has 1 aromatic rings. The summed E-state index contributed by atoms with van der Waals surface area (Å²) in [5, 5.41) is 9.74. The number of anilines is 1. The van der Waals surface area contributed by atoms with Gasteiger partial charge in [0.2, 0.25) is 0 Å². The predicted octanol–water partition coefficient (Wildman–Crippen LogP) is 2.54. The third kappa shape index (κ3) is 3.05. The van der Waals surface area contributed by atoms with Crippen LogP contribution >= 0.6 is 11.3 Å². The number of hydrogen-bond acceptors (Lipinski definition) is 5. The fourth-order valence-corrected chi connectivity index (χ4v) is 3.28. The van der Waals surface area contributed by atoms with E-state index in [1.54, 1.807) is 4.90 Å². The van der Waals surface area contributed by atoms with Gasteiger partial charge in [-0.25, -0.2) is 4.79 Å². The summed E-state index contributed by atoms with van der Waals surface area (Å²) in [7, 11) is 0. The Labute approximate surface area is 122 Å². The third-order valence-electron chi connectivity index (χ3n) is 3.12. The quantitative estimate of drug-likeness (QED) is 0.797. The lowest BCUT2D eigenvalue weighted by molar-refractivity contribution is 0.0258. The summed E-state index contributed by atoms with van der Waals surface area (Å²) in [4.78, 5) is 14.9. The van der Waals surface area contributed by atoms with Crippen molar-refractivity contribution in [3.63, 3.8) is 0 Å². The van der Waals surface area contributed by atoms with Crippen molar-refractivity contribution >= 4 is 22.4 Å². The monoisotopic (exact) mass is 293 g/mol. The van der Waals surface area contributed by atoms with E-state index in [1.807, 2.05) is 20.8 Å². The van der Waals surface area contributed by atoms with Gasteiger partial charge in [0.05, 0.1) is 5.56 Å². The second kappa shape index (κ2) is 5.33. The number of amides is 1. The molecule has 0 aliphatic carbocycles. The van der Waals surface area contributed by atoms with Crippen molar-refractivity contribution in [2.75, 3.05) is 18.8 Å². The fourth-order valence-electron chi connectivity index (χ4n) is 2.23. The summed E-state index contributed by atoms with van der Waals surface area (Å²) in [6, 6.07) is 2.16. The molecule has 0 bridgehead atoms. The number of carbonyl (C=O) groups is 1. The molecule has 1 aliphatic heterocycles. The van der Waals surface area contributed by atoms with E-state index < -0.39 is 5.60 Å². The summed E-state index contributed by atoms with van der Waals surface area (Å²) < 4.78 is 5.39. The number of nitrogen functional groups attached to an aromatic ring is 1. The van der Waals surface area contributed by atoms with Crippen LogP contribution in [0, 0.1) is 11.3 Å². The molecule has 2 rings (SSSR count). The zero-order chi connectivity index (χ0) is 14.9. The van der Waals surface area contributed by atoms with Crippen LogP contribution < -0.4 is 5.73 Å². The van der Waals surface area contributed by atoms with Crippen LogP contribution in [-0.4, -0.2) is 29.7 Å². The minimum atomic E-state index is -0.490. The first kappa shape index (κ1) is 14.7. The van der Waals surface area contributed by atoms with E-state index >= 15 is 0 Å². The lowest BCUT2D eigenvalue weighted by Gasteiger charge is -2.26. The van der Waals surface area contributed by atoms with Crippen molar-refractivity contribution in [3.05, 3.63) is 16.0 Å². The molecule has 0 saturated heterocycles. The average molecular weight is 293 g/mol. The van der Waals surface area contributed by atoms with Gasteiger partial charge in [0.25, 0.3) is 0 Å². The van der Waals surface area contributed by atoms with Crippen LogP contribution in [0.1, 0.15) is 36.8 Å². The molecular weight excluding hydrogens is 274 g/mol. The number of rotatable bonds is 0. The first-order valence-electron chi connectivity index (χ1n) is 6.60. The van der Waals surface area contributed by atoms with E-state index in [-0.39, 0.29) is 6.09 Å². The van der Waals surface area contributed by atoms with E-state index in [9.17, 15) is 4.79 Å². The lowest BCUT2D eigenvalue weighted by Crippen LogP contribution is -2.38. The molecular formula is C14H19N3O2S. The Morgan fingerprint density at radius 1 is 1.40 bits per heavy atom. The SMILES string of the molecule is CC(C)(C)OC(=O)N1CCc2sc(N)c(C#N)c2CC1. The number of nitriles is 1. The van der Waals surface area contributed by atoms with Gasteiger partial charge in [0, 0.05) is 18.0 Å². The van der Waals surface area contributed by atoms with Gasteiger partial charge >= 0.3 is 6.09 Å². The van der Waals surface area contributed by atoms with Gasteiger partial charge in [-0.3, -0.25) is 0 Å². The number of carbonyl (C=O) groups excluding carboxylic acids is 1. The molecule has 0 aromatic carbocycles. The number of fused-ring (bicyclic) bond motifs is 1. The number of ether oxygens (including phenoxy) is 1. The third-order valence-corrected chi connectivity index (χ3v) is 4.24. The Balaban J connectivity index is 2.11. The molecule has 2 N–H and O–H groups in total. The van der Waals surface area contributed by atoms with Crippen LogP contribution in [0.4, 0.5) is 9.80 Å². The van der Waals surface area contributed by atoms with E-state index in [0.717, 1.165) is 16.9 Å². The maximum Gasteiger partial charge on any atom is 0.410 e.